The highest BCUT2D eigenvalue weighted by molar-refractivity contribution is 7.91. The highest BCUT2D eigenvalue weighted by Gasteiger charge is 2.38. The van der Waals surface area contributed by atoms with Gasteiger partial charge in [0.1, 0.15) is 16.1 Å². The van der Waals surface area contributed by atoms with Crippen molar-refractivity contribution in [1.82, 2.24) is 9.62 Å². The number of carboxylic acids is 1. The molecule has 0 spiro atoms. The summed E-state index contributed by atoms with van der Waals surface area (Å²) in [6.07, 6.45) is -4.74. The lowest BCUT2D eigenvalue weighted by Gasteiger charge is -2.19. The van der Waals surface area contributed by atoms with Crippen LogP contribution in [0.2, 0.25) is 5.02 Å². The Bertz CT molecular complexity index is 1510. The number of benzene rings is 2. The molecular weight excluding hydrogens is 571 g/mol. The lowest BCUT2D eigenvalue weighted by atomic mass is 10.1. The first-order valence-corrected chi connectivity index (χ1v) is 13.3. The van der Waals surface area contributed by atoms with E-state index in [2.05, 4.69) is 4.72 Å². The number of likely N-dealkylation sites (tertiary alicyclic amines) is 1. The number of alkyl halides is 3. The number of nitrogens with one attached hydrogen (secondary N) is 2. The van der Waals surface area contributed by atoms with E-state index in [4.69, 9.17) is 38.4 Å². The van der Waals surface area contributed by atoms with Crippen molar-refractivity contribution in [2.75, 3.05) is 12.3 Å². The van der Waals surface area contributed by atoms with Crippen molar-refractivity contribution in [2.45, 2.75) is 29.4 Å². The van der Waals surface area contributed by atoms with Crippen LogP contribution in [0.3, 0.4) is 0 Å². The molecule has 1 unspecified atom stereocenters. The molecule has 0 radical (unpaired) electrons. The number of nitrogens with zero attached hydrogens (tertiary/aromatic N) is 1. The molecule has 0 aliphatic carbocycles. The molecule has 1 atom stereocenters. The van der Waals surface area contributed by atoms with E-state index in [9.17, 15) is 26.4 Å². The van der Waals surface area contributed by atoms with Gasteiger partial charge >= 0.3 is 12.1 Å². The number of nitrogens with two attached hydrogens (primary N) is 2. The SMILES string of the molecule is N=C(N)c1ccc(N)c(CN2CCC(NS(=O)(=O)c3cc4c(Cl)cccc4s3)C2=O)c1.O=C(O)C(F)(F)F. The van der Waals surface area contributed by atoms with E-state index in [1.807, 2.05) is 0 Å². The van der Waals surface area contributed by atoms with Crippen molar-refractivity contribution in [3.63, 3.8) is 0 Å². The third-order valence-electron chi connectivity index (χ3n) is 5.40. The Hall–Kier alpha value is -3.40. The maximum absolute atomic E-state index is 12.9. The number of amides is 1. The molecule has 204 valence electrons. The van der Waals surface area contributed by atoms with Crippen molar-refractivity contribution in [1.29, 1.82) is 5.41 Å². The minimum absolute atomic E-state index is 0.0944. The van der Waals surface area contributed by atoms with Gasteiger partial charge in [-0.3, -0.25) is 10.2 Å². The highest BCUT2D eigenvalue weighted by Crippen LogP contribution is 2.34. The zero-order valence-electron chi connectivity index (χ0n) is 19.3. The number of carbonyl (C=O) groups is 2. The molecule has 4 rings (SSSR count). The van der Waals surface area contributed by atoms with Gasteiger partial charge in [-0.1, -0.05) is 17.7 Å². The molecule has 2 aromatic carbocycles. The number of aliphatic carboxylic acids is 1. The van der Waals surface area contributed by atoms with Gasteiger partial charge in [-0.05, 0) is 48.4 Å². The molecule has 1 amide bonds. The van der Waals surface area contributed by atoms with E-state index < -0.39 is 28.2 Å². The summed E-state index contributed by atoms with van der Waals surface area (Å²) in [5.41, 5.74) is 13.2. The summed E-state index contributed by atoms with van der Waals surface area (Å²) in [5.74, 6) is -3.18. The molecule has 1 aliphatic heterocycles. The Morgan fingerprint density at radius 2 is 1.92 bits per heavy atom. The number of sulfonamides is 1. The molecule has 10 nitrogen and oxygen atoms in total. The number of rotatable bonds is 6. The molecule has 0 bridgehead atoms. The smallest absolute Gasteiger partial charge is 0.475 e. The molecule has 3 aromatic rings. The van der Waals surface area contributed by atoms with E-state index >= 15 is 0 Å². The predicted molar refractivity (Wildman–Crippen MR) is 137 cm³/mol. The number of halogens is 4. The van der Waals surface area contributed by atoms with Crippen molar-refractivity contribution in [3.8, 4) is 0 Å². The molecule has 7 N–H and O–H groups in total. The van der Waals surface area contributed by atoms with Crippen LogP contribution in [-0.4, -0.2) is 54.9 Å². The third kappa shape index (κ3) is 6.72. The number of nitrogen functional groups attached to an aromatic ring is 2. The van der Waals surface area contributed by atoms with Gasteiger partial charge < -0.3 is 21.5 Å². The number of anilines is 1. The average Bonchev–Trinajstić information content (AvgIpc) is 3.41. The summed E-state index contributed by atoms with van der Waals surface area (Å²) in [6.45, 7) is 0.594. The van der Waals surface area contributed by atoms with Crippen molar-refractivity contribution < 1.29 is 36.3 Å². The summed E-state index contributed by atoms with van der Waals surface area (Å²) in [6, 6.07) is 10.9. The Kier molecular flexibility index (Phi) is 8.55. The molecule has 1 aliphatic rings. The monoisotopic (exact) mass is 591 g/mol. The standard InChI is InChI=1S/C20H20ClN5O3S2.C2HF3O2/c21-14-2-1-3-17-13(14)9-18(30-17)31(28,29)25-16-6-7-26(20(16)27)10-12-8-11(19(23)24)4-5-15(12)22;3-2(4,5)1(6)7/h1-5,8-9,16,25H,6-7,10,22H2,(H3,23,24);(H,6,7). The Morgan fingerprint density at radius 1 is 1.26 bits per heavy atom. The van der Waals surface area contributed by atoms with Crippen LogP contribution in [0, 0.1) is 5.41 Å². The lowest BCUT2D eigenvalue weighted by molar-refractivity contribution is -0.192. The Labute approximate surface area is 223 Å². The lowest BCUT2D eigenvalue weighted by Crippen LogP contribution is -2.41. The number of carboxylic acid groups (broad SMARTS) is 1. The summed E-state index contributed by atoms with van der Waals surface area (Å²) >= 11 is 7.26. The average molecular weight is 592 g/mol. The first-order chi connectivity index (χ1) is 17.6. The number of amidine groups is 1. The third-order valence-corrected chi connectivity index (χ3v) is 8.78. The Morgan fingerprint density at radius 3 is 2.50 bits per heavy atom. The Balaban J connectivity index is 0.000000505. The summed E-state index contributed by atoms with van der Waals surface area (Å²) in [7, 11) is -3.88. The molecule has 0 saturated carbocycles. The van der Waals surface area contributed by atoms with Gasteiger partial charge in [-0.2, -0.15) is 17.9 Å². The van der Waals surface area contributed by atoms with Crippen LogP contribution in [0.15, 0.2) is 46.7 Å². The van der Waals surface area contributed by atoms with Gasteiger partial charge in [-0.15, -0.1) is 11.3 Å². The zero-order valence-corrected chi connectivity index (χ0v) is 21.6. The second-order valence-corrected chi connectivity index (χ2v) is 11.5. The molecule has 1 saturated heterocycles. The van der Waals surface area contributed by atoms with E-state index in [0.29, 0.717) is 40.2 Å². The van der Waals surface area contributed by atoms with Gasteiger partial charge in [0, 0.05) is 39.4 Å². The highest BCUT2D eigenvalue weighted by atomic mass is 35.5. The molecule has 2 heterocycles. The quantitative estimate of drug-likeness (QED) is 0.166. The van der Waals surface area contributed by atoms with Gasteiger partial charge in [0.25, 0.3) is 10.0 Å². The largest absolute Gasteiger partial charge is 0.490 e. The van der Waals surface area contributed by atoms with Crippen molar-refractivity contribution >= 4 is 66.4 Å². The van der Waals surface area contributed by atoms with Crippen LogP contribution >= 0.6 is 22.9 Å². The molecule has 1 aromatic heterocycles. The van der Waals surface area contributed by atoms with Crippen molar-refractivity contribution in [2.24, 2.45) is 5.73 Å². The van der Waals surface area contributed by atoms with E-state index in [1.54, 1.807) is 41.3 Å². The zero-order chi connectivity index (χ0) is 28.4. The van der Waals surface area contributed by atoms with Gasteiger partial charge in [0.15, 0.2) is 0 Å². The van der Waals surface area contributed by atoms with Gasteiger partial charge in [0.2, 0.25) is 5.91 Å². The fraction of sp³-hybridized carbons (Fsp3) is 0.227. The second kappa shape index (κ2) is 11.1. The maximum atomic E-state index is 12.9. The summed E-state index contributed by atoms with van der Waals surface area (Å²) in [4.78, 5) is 23.3. The maximum Gasteiger partial charge on any atom is 0.490 e. The fourth-order valence-electron chi connectivity index (χ4n) is 3.50. The van der Waals surface area contributed by atoms with Crippen molar-refractivity contribution in [3.05, 3.63) is 58.6 Å². The minimum atomic E-state index is -5.08. The molecule has 16 heteroatoms. The molecular formula is C22H21ClF3N5O5S2. The van der Waals surface area contributed by atoms with Crippen LogP contribution in [0.1, 0.15) is 17.5 Å². The number of hydrogen-bond donors (Lipinski definition) is 5. The predicted octanol–water partition coefficient (Wildman–Crippen LogP) is 3.13. The normalized spacial score (nSPS) is 15.8. The van der Waals surface area contributed by atoms with Crippen LogP contribution in [0.5, 0.6) is 0 Å². The van der Waals surface area contributed by atoms with Crippen LogP contribution in [0.4, 0.5) is 18.9 Å². The van der Waals surface area contributed by atoms with Crippen LogP contribution < -0.4 is 16.2 Å². The first-order valence-electron chi connectivity index (χ1n) is 10.6. The van der Waals surface area contributed by atoms with E-state index in [1.165, 1.54) is 6.07 Å². The van der Waals surface area contributed by atoms with Crippen LogP contribution in [-0.2, 0) is 26.2 Å². The number of fused-ring (bicyclic) bond motifs is 1. The van der Waals surface area contributed by atoms with Gasteiger partial charge in [0.05, 0.1) is 0 Å². The van der Waals surface area contributed by atoms with Crippen LogP contribution in [0.25, 0.3) is 10.1 Å². The molecule has 1 fully saturated rings. The first kappa shape index (κ1) is 29.2. The second-order valence-electron chi connectivity index (χ2n) is 8.07. The topological polar surface area (TPSA) is 180 Å². The summed E-state index contributed by atoms with van der Waals surface area (Å²) in [5, 5.41) is 15.8. The molecule has 38 heavy (non-hydrogen) atoms. The van der Waals surface area contributed by atoms with Gasteiger partial charge in [-0.25, -0.2) is 13.2 Å². The van der Waals surface area contributed by atoms with E-state index in [-0.39, 0.29) is 22.5 Å². The number of thiophene rings is 1. The van der Waals surface area contributed by atoms with E-state index in [0.717, 1.165) is 16.0 Å². The number of carbonyl (C=O) groups excluding carboxylic acids is 1. The fourth-order valence-corrected chi connectivity index (χ4v) is 6.44. The summed E-state index contributed by atoms with van der Waals surface area (Å²) < 4.78 is 60.9. The number of hydrogen-bond acceptors (Lipinski definition) is 7. The minimum Gasteiger partial charge on any atom is -0.475 e.